The van der Waals surface area contributed by atoms with Gasteiger partial charge in [0.2, 0.25) is 5.91 Å². The first kappa shape index (κ1) is 17.7. The third-order valence-corrected chi connectivity index (χ3v) is 9.48. The van der Waals surface area contributed by atoms with Gasteiger partial charge in [-0.1, -0.05) is 73.8 Å². The third kappa shape index (κ3) is 2.00. The maximum Gasteiger partial charge on any atom is 0.232 e. The summed E-state index contributed by atoms with van der Waals surface area (Å²) in [5.41, 5.74) is 0.236. The van der Waals surface area contributed by atoms with Crippen LogP contribution in [0.3, 0.4) is 0 Å². The topological polar surface area (TPSA) is 38.3 Å². The molecular weight excluding hydrogens is 490 g/mol. The molecule has 0 heterocycles. The maximum atomic E-state index is 13.2. The number of rotatable bonds is 4. The van der Waals surface area contributed by atoms with Gasteiger partial charge in [-0.15, -0.1) is 0 Å². The van der Waals surface area contributed by atoms with Gasteiger partial charge >= 0.3 is 0 Å². The Labute approximate surface area is 162 Å². The van der Waals surface area contributed by atoms with Gasteiger partial charge in [-0.2, -0.15) is 0 Å². The first-order chi connectivity index (χ1) is 10.8. The van der Waals surface area contributed by atoms with Crippen molar-refractivity contribution in [3.63, 3.8) is 0 Å². The largest absolute Gasteiger partial charge is 0.495 e. The molecule has 1 aromatic rings. The fourth-order valence-electron chi connectivity index (χ4n) is 4.68. The zero-order valence-corrected chi connectivity index (χ0v) is 18.1. The highest BCUT2D eigenvalue weighted by molar-refractivity contribution is 9.24. The number of carbonyl (C=O) groups excluding carboxylic acids is 1. The molecule has 3 saturated carbocycles. The van der Waals surface area contributed by atoms with E-state index in [0.29, 0.717) is 5.75 Å². The number of fused-ring (bicyclic) bond motifs is 1. The number of ether oxygens (including phenoxy) is 1. The van der Waals surface area contributed by atoms with Crippen LogP contribution in [0.4, 0.5) is 5.69 Å². The normalized spacial score (nSPS) is 34.1. The summed E-state index contributed by atoms with van der Waals surface area (Å²) in [6.07, 6.45) is 1.89. The number of para-hydroxylation sites is 2. The lowest BCUT2D eigenvalue weighted by Crippen LogP contribution is -2.71. The van der Waals surface area contributed by atoms with Crippen LogP contribution in [0.2, 0.25) is 0 Å². The molecule has 2 bridgehead atoms. The zero-order chi connectivity index (χ0) is 17.0. The Hall–Kier alpha value is -0.0700. The Bertz CT molecular complexity index is 648. The summed E-state index contributed by atoms with van der Waals surface area (Å²) >= 11 is 11.3. The predicted octanol–water partition coefficient (Wildman–Crippen LogP) is 5.32. The van der Waals surface area contributed by atoms with Crippen LogP contribution in [-0.4, -0.2) is 21.6 Å². The van der Waals surface area contributed by atoms with Crippen LogP contribution in [0, 0.1) is 16.2 Å². The highest BCUT2D eigenvalue weighted by Gasteiger charge is 2.83. The Balaban J connectivity index is 1.92. The van der Waals surface area contributed by atoms with Crippen LogP contribution in [0.25, 0.3) is 0 Å². The molecule has 0 spiro atoms. The Morgan fingerprint density at radius 1 is 1.30 bits per heavy atom. The molecule has 3 nitrogen and oxygen atoms in total. The van der Waals surface area contributed by atoms with E-state index < -0.39 is 5.41 Å². The first-order valence-corrected chi connectivity index (χ1v) is 10.4. The minimum absolute atomic E-state index is 0.0329. The Morgan fingerprint density at radius 2 is 1.96 bits per heavy atom. The molecule has 3 fully saturated rings. The van der Waals surface area contributed by atoms with Gasteiger partial charge in [0.05, 0.1) is 21.9 Å². The molecule has 3 aliphatic carbocycles. The van der Waals surface area contributed by atoms with Gasteiger partial charge in [-0.25, -0.2) is 0 Å². The van der Waals surface area contributed by atoms with Crippen LogP contribution in [0.15, 0.2) is 24.3 Å². The summed E-state index contributed by atoms with van der Waals surface area (Å²) in [6, 6.07) is 7.53. The Kier molecular flexibility index (Phi) is 4.42. The summed E-state index contributed by atoms with van der Waals surface area (Å²) < 4.78 is 5.53. The number of anilines is 1. The molecule has 3 atom stereocenters. The van der Waals surface area contributed by atoms with Gasteiger partial charge in [0.25, 0.3) is 0 Å². The molecule has 0 radical (unpaired) electrons. The number of halogens is 3. The highest BCUT2D eigenvalue weighted by atomic mass is 79.9. The average molecular weight is 510 g/mol. The van der Waals surface area contributed by atoms with Gasteiger partial charge in [0.1, 0.15) is 5.75 Å². The standard InChI is InChI=1S/C17H20Br3NO2/c1-15(2)16(13(19)20)8-9-17(15,12(16)18)14(22)21-10-6-4-5-7-11(10)23-3/h4-7,12-13H,8-9H2,1-3H3,(H,21,22)/t12-,16-,17+/m1/s1. The zero-order valence-electron chi connectivity index (χ0n) is 13.3. The first-order valence-electron chi connectivity index (χ1n) is 7.62. The average Bonchev–Trinajstić information content (AvgIpc) is 2.97. The molecule has 1 aromatic carbocycles. The third-order valence-electron chi connectivity index (χ3n) is 6.25. The van der Waals surface area contributed by atoms with Crippen molar-refractivity contribution in [3.05, 3.63) is 24.3 Å². The molecule has 23 heavy (non-hydrogen) atoms. The summed E-state index contributed by atoms with van der Waals surface area (Å²) in [6.45, 7) is 4.41. The SMILES string of the molecule is COc1ccccc1NC(=O)[C@]12CC[C@](C(Br)Br)([C@H]1Br)C2(C)C. The second-order valence-electron chi connectivity index (χ2n) is 6.95. The van der Waals surface area contributed by atoms with E-state index in [4.69, 9.17) is 4.74 Å². The van der Waals surface area contributed by atoms with Gasteiger partial charge in [-0.3, -0.25) is 4.79 Å². The minimum Gasteiger partial charge on any atom is -0.495 e. The second kappa shape index (κ2) is 5.73. The molecule has 0 unspecified atom stereocenters. The van der Waals surface area contributed by atoms with Crippen molar-refractivity contribution in [3.8, 4) is 5.75 Å². The minimum atomic E-state index is -0.409. The summed E-state index contributed by atoms with van der Waals surface area (Å²) in [5, 5.41) is 3.10. The van der Waals surface area contributed by atoms with E-state index in [9.17, 15) is 4.79 Å². The van der Waals surface area contributed by atoms with Crippen LogP contribution < -0.4 is 10.1 Å². The molecule has 0 aromatic heterocycles. The van der Waals surface area contributed by atoms with Gasteiger partial charge < -0.3 is 10.1 Å². The van der Waals surface area contributed by atoms with Gasteiger partial charge in [0, 0.05) is 10.2 Å². The molecule has 1 N–H and O–H groups in total. The van der Waals surface area contributed by atoms with Crippen molar-refractivity contribution in [2.24, 2.45) is 16.2 Å². The van der Waals surface area contributed by atoms with Crippen molar-refractivity contribution in [2.75, 3.05) is 12.4 Å². The smallest absolute Gasteiger partial charge is 0.232 e. The lowest BCUT2D eigenvalue weighted by atomic mass is 9.43. The van der Waals surface area contributed by atoms with E-state index in [1.165, 1.54) is 0 Å². The molecule has 126 valence electrons. The summed E-state index contributed by atoms with van der Waals surface area (Å²) in [4.78, 5) is 13.3. The second-order valence-corrected chi connectivity index (χ2v) is 10.9. The van der Waals surface area contributed by atoms with Crippen molar-refractivity contribution < 1.29 is 9.53 Å². The van der Waals surface area contributed by atoms with Crippen LogP contribution >= 0.6 is 47.8 Å². The summed E-state index contributed by atoms with van der Waals surface area (Å²) in [5.74, 6) is 0.756. The molecule has 0 aliphatic heterocycles. The van der Waals surface area contributed by atoms with Crippen molar-refractivity contribution in [1.82, 2.24) is 0 Å². The fourth-order valence-corrected chi connectivity index (χ4v) is 9.60. The van der Waals surface area contributed by atoms with E-state index in [1.54, 1.807) is 7.11 Å². The van der Waals surface area contributed by atoms with E-state index in [0.717, 1.165) is 18.5 Å². The van der Waals surface area contributed by atoms with Crippen molar-refractivity contribution in [2.45, 2.75) is 35.3 Å². The number of amides is 1. The highest BCUT2D eigenvalue weighted by Crippen LogP contribution is 2.82. The maximum absolute atomic E-state index is 13.2. The number of hydrogen-bond acceptors (Lipinski definition) is 2. The van der Waals surface area contributed by atoms with Crippen LogP contribution in [0.5, 0.6) is 5.75 Å². The molecular formula is C17H20Br3NO2. The van der Waals surface area contributed by atoms with Crippen molar-refractivity contribution in [1.29, 1.82) is 0 Å². The predicted molar refractivity (Wildman–Crippen MR) is 104 cm³/mol. The van der Waals surface area contributed by atoms with Gasteiger partial charge in [-0.05, 0) is 30.4 Å². The van der Waals surface area contributed by atoms with Crippen LogP contribution in [-0.2, 0) is 4.79 Å². The fraction of sp³-hybridized carbons (Fsp3) is 0.588. The monoisotopic (exact) mass is 507 g/mol. The number of benzene rings is 1. The van der Waals surface area contributed by atoms with E-state index >= 15 is 0 Å². The molecule has 1 amide bonds. The number of nitrogens with one attached hydrogen (secondary N) is 1. The van der Waals surface area contributed by atoms with Gasteiger partial charge in [0.15, 0.2) is 0 Å². The molecule has 3 aliphatic rings. The molecule has 6 heteroatoms. The molecule has 0 saturated heterocycles. The number of methoxy groups -OCH3 is 1. The number of hydrogen-bond donors (Lipinski definition) is 1. The van der Waals surface area contributed by atoms with Crippen molar-refractivity contribution >= 4 is 59.4 Å². The Morgan fingerprint density at radius 3 is 2.48 bits per heavy atom. The van der Waals surface area contributed by atoms with E-state index in [-0.39, 0.29) is 25.3 Å². The lowest BCUT2D eigenvalue weighted by molar-refractivity contribution is -0.155. The van der Waals surface area contributed by atoms with E-state index in [1.807, 2.05) is 24.3 Å². The molecule has 4 rings (SSSR count). The number of carbonyl (C=O) groups is 1. The van der Waals surface area contributed by atoms with Crippen LogP contribution in [0.1, 0.15) is 26.7 Å². The lowest BCUT2D eigenvalue weighted by Gasteiger charge is -2.66. The number of alkyl halides is 3. The summed E-state index contributed by atoms with van der Waals surface area (Å²) in [7, 11) is 1.62. The quantitative estimate of drug-likeness (QED) is 0.558. The van der Waals surface area contributed by atoms with E-state index in [2.05, 4.69) is 67.0 Å².